The number of alkyl halides is 1. The molecule has 6 heteroatoms. The third kappa shape index (κ3) is 5.99. The number of nitrogens with zero attached hydrogens (tertiary/aromatic N) is 2. The van der Waals surface area contributed by atoms with E-state index >= 15 is 0 Å². The number of carbonyl (C=O) groups is 2. The summed E-state index contributed by atoms with van der Waals surface area (Å²) in [7, 11) is 0. The number of benzene rings is 2. The van der Waals surface area contributed by atoms with Gasteiger partial charge in [0.15, 0.2) is 0 Å². The van der Waals surface area contributed by atoms with Gasteiger partial charge in [-0.3, -0.25) is 14.6 Å². The number of halogens is 1. The van der Waals surface area contributed by atoms with Gasteiger partial charge in [-0.05, 0) is 46.7 Å². The van der Waals surface area contributed by atoms with Crippen molar-refractivity contribution in [3.8, 4) is 0 Å². The number of carbonyl (C=O) groups excluding carboxylic acids is 2. The van der Waals surface area contributed by atoms with Crippen molar-refractivity contribution in [2.75, 3.05) is 6.54 Å². The number of nitrogens with one attached hydrogen (secondary N) is 1. The number of aromatic nitrogens is 1. The average Bonchev–Trinajstić information content (AvgIpc) is 3.29. The van der Waals surface area contributed by atoms with Crippen LogP contribution in [0.25, 0.3) is 0 Å². The molecule has 0 bridgehead atoms. The molecule has 5 nitrogen and oxygen atoms in total. The molecule has 1 aliphatic rings. The third-order valence-corrected chi connectivity index (χ3v) is 6.90. The van der Waals surface area contributed by atoms with Gasteiger partial charge < -0.3 is 10.2 Å². The molecule has 0 radical (unpaired) electrons. The molecule has 2 aromatic carbocycles. The van der Waals surface area contributed by atoms with Gasteiger partial charge in [0, 0.05) is 24.7 Å². The van der Waals surface area contributed by atoms with E-state index in [0.29, 0.717) is 12.3 Å². The van der Waals surface area contributed by atoms with Crippen molar-refractivity contribution in [3.05, 3.63) is 101 Å². The van der Waals surface area contributed by atoms with Gasteiger partial charge in [-0.15, -0.1) is 0 Å². The van der Waals surface area contributed by atoms with Gasteiger partial charge in [-0.1, -0.05) is 75.4 Å². The van der Waals surface area contributed by atoms with Gasteiger partial charge in [-0.2, -0.15) is 0 Å². The highest BCUT2D eigenvalue weighted by molar-refractivity contribution is 5.89. The van der Waals surface area contributed by atoms with Gasteiger partial charge in [0.1, 0.15) is 12.2 Å². The SMILES string of the molecule is CC(Cc1ccncc1)C(=O)N1CC(F)CC1C(=O)NC(c1ccccc1)c1ccc(C(C)C)cc1. The molecule has 2 heterocycles. The Morgan fingerprint density at radius 3 is 2.19 bits per heavy atom. The van der Waals surface area contributed by atoms with Crippen LogP contribution in [0.15, 0.2) is 79.1 Å². The number of amides is 2. The van der Waals surface area contributed by atoms with Gasteiger partial charge in [0.25, 0.3) is 0 Å². The van der Waals surface area contributed by atoms with Crippen LogP contribution in [-0.4, -0.2) is 40.5 Å². The predicted molar refractivity (Wildman–Crippen MR) is 139 cm³/mol. The van der Waals surface area contributed by atoms with E-state index in [-0.39, 0.29) is 30.7 Å². The molecule has 4 atom stereocenters. The number of pyridine rings is 1. The minimum atomic E-state index is -1.22. The lowest BCUT2D eigenvalue weighted by atomic mass is 9.95. The zero-order valence-electron chi connectivity index (χ0n) is 21.1. The van der Waals surface area contributed by atoms with Crippen molar-refractivity contribution in [2.45, 2.75) is 57.8 Å². The molecule has 0 saturated carbocycles. The largest absolute Gasteiger partial charge is 0.343 e. The minimum Gasteiger partial charge on any atom is -0.343 e. The highest BCUT2D eigenvalue weighted by Crippen LogP contribution is 2.28. The van der Waals surface area contributed by atoms with Gasteiger partial charge >= 0.3 is 0 Å². The van der Waals surface area contributed by atoms with E-state index in [1.165, 1.54) is 10.5 Å². The highest BCUT2D eigenvalue weighted by atomic mass is 19.1. The molecular weight excluding hydrogens is 453 g/mol. The Hall–Kier alpha value is -3.54. The van der Waals surface area contributed by atoms with E-state index in [0.717, 1.165) is 16.7 Å². The van der Waals surface area contributed by atoms with E-state index in [9.17, 15) is 14.0 Å². The fourth-order valence-corrected chi connectivity index (χ4v) is 4.84. The topological polar surface area (TPSA) is 62.3 Å². The molecular formula is C30H34FN3O2. The summed E-state index contributed by atoms with van der Waals surface area (Å²) in [6.07, 6.45) is 2.67. The van der Waals surface area contributed by atoms with Crippen LogP contribution in [0.2, 0.25) is 0 Å². The lowest BCUT2D eigenvalue weighted by Crippen LogP contribution is -2.48. The van der Waals surface area contributed by atoms with Crippen LogP contribution in [0.5, 0.6) is 0 Å². The Morgan fingerprint density at radius 1 is 0.944 bits per heavy atom. The maximum atomic E-state index is 14.6. The number of rotatable bonds is 8. The fourth-order valence-electron chi connectivity index (χ4n) is 4.84. The summed E-state index contributed by atoms with van der Waals surface area (Å²) < 4.78 is 14.6. The average molecular weight is 488 g/mol. The summed E-state index contributed by atoms with van der Waals surface area (Å²) in [6, 6.07) is 20.4. The summed E-state index contributed by atoms with van der Waals surface area (Å²) in [4.78, 5) is 32.3. The molecule has 1 aromatic heterocycles. The van der Waals surface area contributed by atoms with Gasteiger partial charge in [0.2, 0.25) is 11.8 Å². The van der Waals surface area contributed by atoms with Crippen LogP contribution in [0.1, 0.15) is 61.4 Å². The minimum absolute atomic E-state index is 0.00729. The second-order valence-electron chi connectivity index (χ2n) is 9.97. The summed E-state index contributed by atoms with van der Waals surface area (Å²) in [5, 5.41) is 3.13. The third-order valence-electron chi connectivity index (χ3n) is 6.90. The molecule has 2 amide bonds. The molecule has 188 valence electrons. The smallest absolute Gasteiger partial charge is 0.243 e. The van der Waals surface area contributed by atoms with Crippen molar-refractivity contribution >= 4 is 11.8 Å². The maximum absolute atomic E-state index is 14.6. The van der Waals surface area contributed by atoms with E-state index in [2.05, 4.69) is 36.3 Å². The van der Waals surface area contributed by atoms with Crippen molar-refractivity contribution in [3.63, 3.8) is 0 Å². The molecule has 4 unspecified atom stereocenters. The van der Waals surface area contributed by atoms with E-state index in [4.69, 9.17) is 0 Å². The van der Waals surface area contributed by atoms with Gasteiger partial charge in [0.05, 0.1) is 12.6 Å². The Balaban J connectivity index is 1.54. The van der Waals surface area contributed by atoms with Crippen LogP contribution >= 0.6 is 0 Å². The standard InChI is InChI=1S/C30H34FN3O2/c1-20(2)23-9-11-25(12-10-23)28(24-7-5-4-6-8-24)33-29(35)27-18-26(31)19-34(27)30(36)21(3)17-22-13-15-32-16-14-22/h4-16,20-21,26-28H,17-19H2,1-3H3,(H,33,35). The predicted octanol–water partition coefficient (Wildman–Crippen LogP) is 5.23. The van der Waals surface area contributed by atoms with Crippen LogP contribution < -0.4 is 5.32 Å². The Morgan fingerprint density at radius 2 is 1.56 bits per heavy atom. The molecule has 4 rings (SSSR count). The van der Waals surface area contributed by atoms with Crippen LogP contribution in [0, 0.1) is 5.92 Å². The van der Waals surface area contributed by atoms with Crippen LogP contribution in [0.4, 0.5) is 4.39 Å². The first-order valence-electron chi connectivity index (χ1n) is 12.6. The van der Waals surface area contributed by atoms with Gasteiger partial charge in [-0.25, -0.2) is 4.39 Å². The Labute approximate surface area is 212 Å². The zero-order chi connectivity index (χ0) is 25.7. The molecule has 36 heavy (non-hydrogen) atoms. The summed E-state index contributed by atoms with van der Waals surface area (Å²) in [5.41, 5.74) is 4.07. The molecule has 0 aliphatic carbocycles. The molecule has 1 fully saturated rings. The second-order valence-corrected chi connectivity index (χ2v) is 9.97. The van der Waals surface area contributed by atoms with Crippen LogP contribution in [-0.2, 0) is 16.0 Å². The van der Waals surface area contributed by atoms with E-state index in [1.807, 2.05) is 61.5 Å². The first kappa shape index (κ1) is 25.5. The van der Waals surface area contributed by atoms with Crippen molar-refractivity contribution in [2.24, 2.45) is 5.92 Å². The number of hydrogen-bond acceptors (Lipinski definition) is 3. The summed E-state index contributed by atoms with van der Waals surface area (Å²) in [6.45, 7) is 6.05. The number of hydrogen-bond donors (Lipinski definition) is 1. The Bertz CT molecular complexity index is 1150. The molecule has 1 saturated heterocycles. The zero-order valence-corrected chi connectivity index (χ0v) is 21.1. The fraction of sp³-hybridized carbons (Fsp3) is 0.367. The lowest BCUT2D eigenvalue weighted by molar-refractivity contribution is -0.141. The second kappa shape index (κ2) is 11.5. The molecule has 3 aromatic rings. The molecule has 1 aliphatic heterocycles. The monoisotopic (exact) mass is 487 g/mol. The van der Waals surface area contributed by atoms with Crippen molar-refractivity contribution in [1.29, 1.82) is 0 Å². The summed E-state index contributed by atoms with van der Waals surface area (Å²) in [5.74, 6) is -0.509. The molecule has 1 N–H and O–H groups in total. The van der Waals surface area contributed by atoms with Crippen molar-refractivity contribution in [1.82, 2.24) is 15.2 Å². The quantitative estimate of drug-likeness (QED) is 0.473. The van der Waals surface area contributed by atoms with Crippen molar-refractivity contribution < 1.29 is 14.0 Å². The van der Waals surface area contributed by atoms with Crippen LogP contribution in [0.3, 0.4) is 0 Å². The maximum Gasteiger partial charge on any atom is 0.243 e. The Kier molecular flexibility index (Phi) is 8.14. The summed E-state index contributed by atoms with van der Waals surface area (Å²) >= 11 is 0. The first-order valence-corrected chi connectivity index (χ1v) is 12.6. The number of likely N-dealkylation sites (tertiary alicyclic amines) is 1. The molecule has 0 spiro atoms. The first-order chi connectivity index (χ1) is 17.3. The van der Waals surface area contributed by atoms with E-state index < -0.39 is 18.3 Å². The lowest BCUT2D eigenvalue weighted by Gasteiger charge is -2.29. The van der Waals surface area contributed by atoms with E-state index in [1.54, 1.807) is 12.4 Å². The highest BCUT2D eigenvalue weighted by Gasteiger charge is 2.41. The normalized spacial score (nSPS) is 19.2.